The van der Waals surface area contributed by atoms with Gasteiger partial charge in [-0.05, 0) is 43.7 Å². The first-order valence-corrected chi connectivity index (χ1v) is 12.2. The minimum Gasteiger partial charge on any atom is -0.497 e. The van der Waals surface area contributed by atoms with Crippen LogP contribution < -0.4 is 20.8 Å². The third-order valence-electron chi connectivity index (χ3n) is 5.95. The van der Waals surface area contributed by atoms with E-state index in [0.717, 1.165) is 30.4 Å². The molecule has 2 amide bonds. The standard InChI is InChI=1S/C24H29N7O3.C2H6/c1-16-4-6-21(29-26-9-8-25)19(14-16)23(33)30-10-3-11-31(13-12-30)24-27-20-7-5-17(34-2)15-18(20)22(32)28-24;1-2/h4-9,14-15,24-25,27,29H,3,10-13H2,1-2H3,(H,28,32);1-2H3/b25-8?,26-9-;. The van der Waals surface area contributed by atoms with E-state index in [0.29, 0.717) is 42.2 Å². The second-order valence-electron chi connectivity index (χ2n) is 8.22. The number of carbonyl (C=O) groups is 2. The number of ether oxygens (including phenoxy) is 1. The second kappa shape index (κ2) is 12.7. The summed E-state index contributed by atoms with van der Waals surface area (Å²) in [5, 5.41) is 17.4. The topological polar surface area (TPSA) is 122 Å². The van der Waals surface area contributed by atoms with Gasteiger partial charge >= 0.3 is 0 Å². The first-order valence-electron chi connectivity index (χ1n) is 12.2. The summed E-state index contributed by atoms with van der Waals surface area (Å²) in [4.78, 5) is 30.1. The Balaban J connectivity index is 0.00000176. The molecule has 2 aromatic rings. The number of rotatable bonds is 6. The van der Waals surface area contributed by atoms with E-state index in [2.05, 4.69) is 26.1 Å². The van der Waals surface area contributed by atoms with Crippen LogP contribution in [0.25, 0.3) is 0 Å². The summed E-state index contributed by atoms with van der Waals surface area (Å²) < 4.78 is 5.22. The molecule has 1 saturated heterocycles. The SMILES string of the molecule is CC.COc1ccc2c(c1)C(=O)NC(N1CCCN(C(=O)c3cc(C)ccc3N/N=C\C=N)CC1)N2. The maximum absolute atomic E-state index is 13.4. The molecule has 1 unspecified atom stereocenters. The molecule has 192 valence electrons. The summed E-state index contributed by atoms with van der Waals surface area (Å²) >= 11 is 0. The Kier molecular flexibility index (Phi) is 9.40. The van der Waals surface area contributed by atoms with E-state index in [-0.39, 0.29) is 18.1 Å². The Bertz CT molecular complexity index is 1120. The van der Waals surface area contributed by atoms with Crippen molar-refractivity contribution in [3.8, 4) is 5.75 Å². The van der Waals surface area contributed by atoms with Crippen molar-refractivity contribution in [1.82, 2.24) is 15.1 Å². The van der Waals surface area contributed by atoms with E-state index in [1.165, 1.54) is 6.21 Å². The van der Waals surface area contributed by atoms with Gasteiger partial charge in [0.1, 0.15) is 5.75 Å². The molecular weight excluding hydrogens is 458 g/mol. The second-order valence-corrected chi connectivity index (χ2v) is 8.22. The predicted molar refractivity (Wildman–Crippen MR) is 143 cm³/mol. The number of nitrogens with one attached hydrogen (secondary N) is 4. The highest BCUT2D eigenvalue weighted by Crippen LogP contribution is 2.26. The summed E-state index contributed by atoms with van der Waals surface area (Å²) in [6.07, 6.45) is 2.81. The molecule has 10 nitrogen and oxygen atoms in total. The first-order chi connectivity index (χ1) is 17.5. The molecule has 1 fully saturated rings. The molecule has 0 bridgehead atoms. The van der Waals surface area contributed by atoms with E-state index < -0.39 is 0 Å². The number of anilines is 2. The lowest BCUT2D eigenvalue weighted by molar-refractivity contribution is 0.0748. The van der Waals surface area contributed by atoms with Crippen LogP contribution in [-0.4, -0.2) is 73.6 Å². The van der Waals surface area contributed by atoms with Crippen molar-refractivity contribution in [3.05, 3.63) is 53.1 Å². The number of fused-ring (bicyclic) bond motifs is 1. The maximum Gasteiger partial charge on any atom is 0.256 e. The van der Waals surface area contributed by atoms with Crippen molar-refractivity contribution in [1.29, 1.82) is 5.41 Å². The van der Waals surface area contributed by atoms with Crippen LogP contribution in [0.15, 0.2) is 41.5 Å². The molecule has 0 aliphatic carbocycles. The number of benzene rings is 2. The molecule has 0 radical (unpaired) electrons. The van der Waals surface area contributed by atoms with Gasteiger partial charge in [-0.2, -0.15) is 5.10 Å². The highest BCUT2D eigenvalue weighted by atomic mass is 16.5. The van der Waals surface area contributed by atoms with Gasteiger partial charge in [-0.3, -0.25) is 19.9 Å². The number of methoxy groups -OCH3 is 1. The highest BCUT2D eigenvalue weighted by molar-refractivity contribution is 6.14. The molecule has 4 rings (SSSR count). The Morgan fingerprint density at radius 3 is 2.69 bits per heavy atom. The number of nitrogens with zero attached hydrogens (tertiary/aromatic N) is 3. The fourth-order valence-electron chi connectivity index (χ4n) is 4.18. The van der Waals surface area contributed by atoms with Gasteiger partial charge in [-0.15, -0.1) is 0 Å². The fourth-order valence-corrected chi connectivity index (χ4v) is 4.18. The molecule has 10 heteroatoms. The average molecular weight is 494 g/mol. The smallest absolute Gasteiger partial charge is 0.256 e. The van der Waals surface area contributed by atoms with Gasteiger partial charge in [-0.1, -0.05) is 25.5 Å². The molecule has 36 heavy (non-hydrogen) atoms. The Morgan fingerprint density at radius 1 is 1.14 bits per heavy atom. The van der Waals surface area contributed by atoms with E-state index in [4.69, 9.17) is 10.1 Å². The molecule has 0 aromatic heterocycles. The van der Waals surface area contributed by atoms with Gasteiger partial charge in [0.25, 0.3) is 11.8 Å². The Hall–Kier alpha value is -3.92. The molecule has 0 saturated carbocycles. The third kappa shape index (κ3) is 6.19. The van der Waals surface area contributed by atoms with Crippen LogP contribution in [0, 0.1) is 12.3 Å². The number of hydrogen-bond donors (Lipinski definition) is 4. The van der Waals surface area contributed by atoms with Gasteiger partial charge in [0, 0.05) is 38.1 Å². The first kappa shape index (κ1) is 26.7. The number of amides is 2. The molecular formula is C26H35N7O3. The summed E-state index contributed by atoms with van der Waals surface area (Å²) in [5.41, 5.74) is 6.28. The molecule has 2 aliphatic rings. The van der Waals surface area contributed by atoms with Crippen LogP contribution >= 0.6 is 0 Å². The predicted octanol–water partition coefficient (Wildman–Crippen LogP) is 3.36. The third-order valence-corrected chi connectivity index (χ3v) is 5.95. The van der Waals surface area contributed by atoms with Crippen LogP contribution in [-0.2, 0) is 0 Å². The lowest BCUT2D eigenvalue weighted by Crippen LogP contribution is -2.56. The van der Waals surface area contributed by atoms with Gasteiger partial charge in [0.05, 0.1) is 30.1 Å². The van der Waals surface area contributed by atoms with Crippen LogP contribution in [0.3, 0.4) is 0 Å². The molecule has 2 aromatic carbocycles. The zero-order valence-corrected chi connectivity index (χ0v) is 21.3. The van der Waals surface area contributed by atoms with Gasteiger partial charge < -0.3 is 25.7 Å². The monoisotopic (exact) mass is 493 g/mol. The van der Waals surface area contributed by atoms with Crippen molar-refractivity contribution in [2.24, 2.45) is 5.10 Å². The summed E-state index contributed by atoms with van der Waals surface area (Å²) in [7, 11) is 1.57. The van der Waals surface area contributed by atoms with Crippen molar-refractivity contribution < 1.29 is 14.3 Å². The Labute approximate surface area is 212 Å². The minimum absolute atomic E-state index is 0.0730. The molecule has 1 atom stereocenters. The maximum atomic E-state index is 13.4. The Morgan fingerprint density at radius 2 is 1.94 bits per heavy atom. The number of hydrogen-bond acceptors (Lipinski definition) is 8. The number of carbonyl (C=O) groups excluding carboxylic acids is 2. The molecule has 4 N–H and O–H groups in total. The molecule has 2 heterocycles. The zero-order valence-electron chi connectivity index (χ0n) is 21.3. The van der Waals surface area contributed by atoms with Crippen LogP contribution in [0.4, 0.5) is 11.4 Å². The highest BCUT2D eigenvalue weighted by Gasteiger charge is 2.30. The van der Waals surface area contributed by atoms with Gasteiger partial charge in [-0.25, -0.2) is 0 Å². The summed E-state index contributed by atoms with van der Waals surface area (Å²) in [5.74, 6) is 0.401. The molecule has 2 aliphatic heterocycles. The lowest BCUT2D eigenvalue weighted by Gasteiger charge is -2.36. The number of aryl methyl sites for hydroxylation is 1. The van der Waals surface area contributed by atoms with Crippen molar-refractivity contribution >= 4 is 35.6 Å². The van der Waals surface area contributed by atoms with Crippen LogP contribution in [0.5, 0.6) is 5.75 Å². The fraction of sp³-hybridized carbons (Fsp3) is 0.385. The van der Waals surface area contributed by atoms with Crippen LogP contribution in [0.1, 0.15) is 46.5 Å². The van der Waals surface area contributed by atoms with Gasteiger partial charge in [0.15, 0.2) is 6.29 Å². The van der Waals surface area contributed by atoms with E-state index in [1.54, 1.807) is 13.2 Å². The quantitative estimate of drug-likeness (QED) is 0.362. The zero-order chi connectivity index (χ0) is 26.1. The van der Waals surface area contributed by atoms with E-state index >= 15 is 0 Å². The lowest BCUT2D eigenvalue weighted by atomic mass is 10.1. The number of hydrazone groups is 1. The minimum atomic E-state index is -0.352. The van der Waals surface area contributed by atoms with Crippen LogP contribution in [0.2, 0.25) is 0 Å². The van der Waals surface area contributed by atoms with E-state index in [9.17, 15) is 9.59 Å². The van der Waals surface area contributed by atoms with Crippen molar-refractivity contribution in [2.75, 3.05) is 44.0 Å². The van der Waals surface area contributed by atoms with Crippen molar-refractivity contribution in [2.45, 2.75) is 33.5 Å². The largest absolute Gasteiger partial charge is 0.497 e. The summed E-state index contributed by atoms with van der Waals surface area (Å²) in [6, 6.07) is 11.0. The normalized spacial score (nSPS) is 17.6. The van der Waals surface area contributed by atoms with Crippen molar-refractivity contribution in [3.63, 3.8) is 0 Å². The van der Waals surface area contributed by atoms with Gasteiger partial charge in [0.2, 0.25) is 0 Å². The average Bonchev–Trinajstić information content (AvgIpc) is 3.16. The summed E-state index contributed by atoms with van der Waals surface area (Å²) in [6.45, 7) is 8.42. The van der Waals surface area contributed by atoms with E-state index in [1.807, 2.05) is 56.0 Å². The molecule has 0 spiro atoms.